The van der Waals surface area contributed by atoms with Crippen LogP contribution in [0.25, 0.3) is 0 Å². The topological polar surface area (TPSA) is 135 Å². The Morgan fingerprint density at radius 1 is 1.16 bits per heavy atom. The highest BCUT2D eigenvalue weighted by molar-refractivity contribution is 6.22. The van der Waals surface area contributed by atoms with Crippen molar-refractivity contribution in [3.8, 4) is 0 Å². The van der Waals surface area contributed by atoms with Crippen LogP contribution in [-0.2, 0) is 42.9 Å². The van der Waals surface area contributed by atoms with E-state index >= 15 is 0 Å². The molecule has 0 aromatic heterocycles. The molecule has 1 aliphatic carbocycles. The number of rotatable bonds is 4. The molecule has 1 N–H and O–H groups in total. The second kappa shape index (κ2) is 9.39. The van der Waals surface area contributed by atoms with Gasteiger partial charge in [0, 0.05) is 26.7 Å². The van der Waals surface area contributed by atoms with Crippen LogP contribution in [0.15, 0.2) is 24.3 Å². The van der Waals surface area contributed by atoms with Crippen LogP contribution in [0.4, 0.5) is 0 Å². The molecule has 4 rings (SSSR count). The van der Waals surface area contributed by atoms with E-state index in [2.05, 4.69) is 6.58 Å². The molecular formula is C26H33ClO10. The Balaban J connectivity index is 2.06. The molecular weight excluding hydrogens is 508 g/mol. The summed E-state index contributed by atoms with van der Waals surface area (Å²) < 4.78 is 29.8. The first-order chi connectivity index (χ1) is 17.2. The third-order valence-corrected chi connectivity index (χ3v) is 9.00. The zero-order valence-electron chi connectivity index (χ0n) is 21.5. The lowest BCUT2D eigenvalue weighted by atomic mass is 9.55. The van der Waals surface area contributed by atoms with Gasteiger partial charge in [0.15, 0.2) is 11.7 Å². The van der Waals surface area contributed by atoms with Crippen LogP contribution in [0.1, 0.15) is 47.5 Å². The Labute approximate surface area is 220 Å². The van der Waals surface area contributed by atoms with Gasteiger partial charge in [-0.2, -0.15) is 0 Å². The van der Waals surface area contributed by atoms with E-state index in [4.69, 9.17) is 35.3 Å². The van der Waals surface area contributed by atoms with Crippen LogP contribution in [0.2, 0.25) is 0 Å². The van der Waals surface area contributed by atoms with Gasteiger partial charge in [0.05, 0.1) is 17.9 Å². The normalized spacial score (nSPS) is 44.5. The van der Waals surface area contributed by atoms with Crippen molar-refractivity contribution in [1.29, 1.82) is 0 Å². The predicted octanol–water partition coefficient (Wildman–Crippen LogP) is 1.99. The van der Waals surface area contributed by atoms with E-state index in [9.17, 15) is 24.3 Å². The molecule has 204 valence electrons. The summed E-state index contributed by atoms with van der Waals surface area (Å²) in [5, 5.41) is 9.46. The molecule has 3 heterocycles. The van der Waals surface area contributed by atoms with Crippen LogP contribution in [0.3, 0.4) is 0 Å². The Hall–Kier alpha value is -2.43. The zero-order valence-corrected chi connectivity index (χ0v) is 22.3. The molecule has 3 aliphatic heterocycles. The van der Waals surface area contributed by atoms with E-state index in [1.165, 1.54) is 26.8 Å². The van der Waals surface area contributed by atoms with Gasteiger partial charge >= 0.3 is 23.9 Å². The summed E-state index contributed by atoms with van der Waals surface area (Å²) >= 11 is 6.84. The number of esters is 4. The van der Waals surface area contributed by atoms with E-state index in [0.717, 1.165) is 0 Å². The maximum atomic E-state index is 12.9. The molecule has 11 heteroatoms. The maximum absolute atomic E-state index is 12.9. The van der Waals surface area contributed by atoms with Gasteiger partial charge in [-0.05, 0) is 31.9 Å². The molecule has 0 aromatic carbocycles. The minimum Gasteiger partial charge on any atom is -0.462 e. The van der Waals surface area contributed by atoms with Crippen molar-refractivity contribution in [3.05, 3.63) is 24.3 Å². The lowest BCUT2D eigenvalue weighted by molar-refractivity contribution is -0.226. The van der Waals surface area contributed by atoms with Gasteiger partial charge in [-0.1, -0.05) is 19.1 Å². The molecule has 10 nitrogen and oxygen atoms in total. The van der Waals surface area contributed by atoms with Gasteiger partial charge < -0.3 is 28.8 Å². The van der Waals surface area contributed by atoms with Crippen molar-refractivity contribution >= 4 is 35.5 Å². The van der Waals surface area contributed by atoms with Gasteiger partial charge in [-0.25, -0.2) is 0 Å². The van der Waals surface area contributed by atoms with E-state index in [1.54, 1.807) is 19.9 Å². The molecule has 1 saturated carbocycles. The van der Waals surface area contributed by atoms with Crippen LogP contribution < -0.4 is 0 Å². The highest BCUT2D eigenvalue weighted by atomic mass is 35.5. The molecule has 10 unspecified atom stereocenters. The van der Waals surface area contributed by atoms with Crippen molar-refractivity contribution in [3.63, 3.8) is 0 Å². The Kier molecular flexibility index (Phi) is 7.01. The van der Waals surface area contributed by atoms with Crippen molar-refractivity contribution in [2.75, 3.05) is 6.61 Å². The van der Waals surface area contributed by atoms with Crippen LogP contribution in [0.5, 0.6) is 0 Å². The number of hydrogen-bond donors (Lipinski definition) is 1. The van der Waals surface area contributed by atoms with E-state index in [-0.39, 0.29) is 0 Å². The molecule has 0 aromatic rings. The summed E-state index contributed by atoms with van der Waals surface area (Å²) in [5.74, 6) is -4.20. The minimum absolute atomic E-state index is 0.370. The quantitative estimate of drug-likeness (QED) is 0.244. The molecule has 3 fully saturated rings. The lowest BCUT2D eigenvalue weighted by Crippen LogP contribution is -2.65. The molecule has 4 aliphatic rings. The molecule has 37 heavy (non-hydrogen) atoms. The first kappa shape index (κ1) is 27.6. The predicted molar refractivity (Wildman–Crippen MR) is 128 cm³/mol. The number of fused-ring (bicyclic) bond motifs is 2. The second-order valence-electron chi connectivity index (χ2n) is 10.6. The SMILES string of the molecule is C=C1CCC(OC(C)=O)C2(C)C(OC(C)=O)C=CC3(CO)OC4(C(C)C(=O)OC4C3Cl)C(OC(C)=O)C12. The third kappa shape index (κ3) is 3.99. The number of hydrogen-bond acceptors (Lipinski definition) is 10. The number of alkyl halides is 1. The summed E-state index contributed by atoms with van der Waals surface area (Å²) in [7, 11) is 0. The summed E-state index contributed by atoms with van der Waals surface area (Å²) in [4.78, 5) is 50.0. The van der Waals surface area contributed by atoms with Crippen LogP contribution in [0, 0.1) is 17.3 Å². The second-order valence-corrected chi connectivity index (χ2v) is 11.1. The van der Waals surface area contributed by atoms with Gasteiger partial charge in [0.2, 0.25) is 0 Å². The summed E-state index contributed by atoms with van der Waals surface area (Å²) in [6, 6.07) is 0. The average molecular weight is 541 g/mol. The molecule has 2 saturated heterocycles. The Morgan fingerprint density at radius 2 is 1.78 bits per heavy atom. The Morgan fingerprint density at radius 3 is 2.35 bits per heavy atom. The first-order valence-corrected chi connectivity index (χ1v) is 12.7. The van der Waals surface area contributed by atoms with E-state index in [1.807, 2.05) is 0 Å². The van der Waals surface area contributed by atoms with Crippen LogP contribution >= 0.6 is 11.6 Å². The van der Waals surface area contributed by atoms with Gasteiger partial charge in [-0.15, -0.1) is 11.6 Å². The molecule has 10 atom stereocenters. The number of halogens is 1. The summed E-state index contributed by atoms with van der Waals surface area (Å²) in [6.07, 6.45) is -0.320. The number of aliphatic hydroxyl groups excluding tert-OH is 1. The maximum Gasteiger partial charge on any atom is 0.312 e. The number of carbonyl (C=O) groups excluding carboxylic acids is 4. The number of ether oxygens (including phenoxy) is 5. The fourth-order valence-electron chi connectivity index (χ4n) is 6.70. The first-order valence-electron chi connectivity index (χ1n) is 12.3. The van der Waals surface area contributed by atoms with Gasteiger partial charge in [-0.3, -0.25) is 19.2 Å². The van der Waals surface area contributed by atoms with Gasteiger partial charge in [0.25, 0.3) is 0 Å². The zero-order chi connectivity index (χ0) is 27.5. The largest absolute Gasteiger partial charge is 0.462 e. The smallest absolute Gasteiger partial charge is 0.312 e. The van der Waals surface area contributed by atoms with E-state index < -0.39 is 88.7 Å². The van der Waals surface area contributed by atoms with Gasteiger partial charge in [0.1, 0.15) is 29.3 Å². The fourth-order valence-corrected chi connectivity index (χ4v) is 7.14. The molecule has 0 amide bonds. The lowest BCUT2D eigenvalue weighted by Gasteiger charge is -2.54. The average Bonchev–Trinajstić information content (AvgIpc) is 3.21. The third-order valence-electron chi connectivity index (χ3n) is 8.40. The standard InChI is InChI=1S/C26H33ClO10/c1-12-7-8-17(33-14(3)29)24(6)18(34-15(4)30)9-10-25(11-28)20(27)22-26(37-25,13(2)23(32)36-22)21(19(12)24)35-16(5)31/h9-10,13,17-22,28H,1,7-8,11H2,2-6H3. The summed E-state index contributed by atoms with van der Waals surface area (Å²) in [5.41, 5.74) is -3.79. The van der Waals surface area contributed by atoms with Crippen molar-refractivity contribution in [2.45, 2.75) is 88.5 Å². The highest BCUT2D eigenvalue weighted by Crippen LogP contribution is 2.61. The number of aliphatic hydroxyl groups is 1. The number of carbonyl (C=O) groups is 4. The molecule has 1 spiro atoms. The van der Waals surface area contributed by atoms with Crippen molar-refractivity contribution in [2.24, 2.45) is 17.3 Å². The minimum atomic E-state index is -1.62. The molecule has 0 radical (unpaired) electrons. The van der Waals surface area contributed by atoms with E-state index in [0.29, 0.717) is 18.4 Å². The highest BCUT2D eigenvalue weighted by Gasteiger charge is 2.77. The van der Waals surface area contributed by atoms with Crippen LogP contribution in [-0.4, -0.2) is 76.6 Å². The molecule has 2 bridgehead atoms. The van der Waals surface area contributed by atoms with Crippen molar-refractivity contribution < 1.29 is 48.0 Å². The summed E-state index contributed by atoms with van der Waals surface area (Å²) in [6.45, 7) is 10.8. The fraction of sp³-hybridized carbons (Fsp3) is 0.692. The monoisotopic (exact) mass is 540 g/mol. The Bertz CT molecular complexity index is 1060. The van der Waals surface area contributed by atoms with Crippen molar-refractivity contribution in [1.82, 2.24) is 0 Å².